The van der Waals surface area contributed by atoms with Gasteiger partial charge >= 0.3 is 0 Å². The SMILES string of the molecule is O=C(Nc1nc2ccccc2[nH]1)c1cc(-c2cccc(Cl)c2)on1. The Hall–Kier alpha value is -3.12. The fourth-order valence-corrected chi connectivity index (χ4v) is 2.53. The smallest absolute Gasteiger partial charge is 0.280 e. The fourth-order valence-electron chi connectivity index (χ4n) is 2.34. The molecule has 6 nitrogen and oxygen atoms in total. The van der Waals surface area contributed by atoms with Gasteiger partial charge in [0.25, 0.3) is 5.91 Å². The van der Waals surface area contributed by atoms with Crippen LogP contribution in [0.3, 0.4) is 0 Å². The van der Waals surface area contributed by atoms with Crippen LogP contribution in [0.25, 0.3) is 22.4 Å². The van der Waals surface area contributed by atoms with Crippen LogP contribution in [-0.2, 0) is 0 Å². The third kappa shape index (κ3) is 2.75. The Kier molecular flexibility index (Phi) is 3.51. The van der Waals surface area contributed by atoms with E-state index in [-0.39, 0.29) is 5.69 Å². The zero-order valence-corrected chi connectivity index (χ0v) is 13.0. The van der Waals surface area contributed by atoms with Gasteiger partial charge in [-0.3, -0.25) is 10.1 Å². The van der Waals surface area contributed by atoms with E-state index in [4.69, 9.17) is 16.1 Å². The highest BCUT2D eigenvalue weighted by atomic mass is 35.5. The number of H-pyrrole nitrogens is 1. The summed E-state index contributed by atoms with van der Waals surface area (Å²) in [6, 6.07) is 16.2. The number of amides is 1. The molecule has 4 aromatic rings. The minimum absolute atomic E-state index is 0.158. The lowest BCUT2D eigenvalue weighted by molar-refractivity contribution is 0.101. The number of nitrogens with zero attached hydrogens (tertiary/aromatic N) is 2. The Balaban J connectivity index is 1.56. The molecule has 2 N–H and O–H groups in total. The molecule has 118 valence electrons. The van der Waals surface area contributed by atoms with Crippen molar-refractivity contribution >= 4 is 34.5 Å². The van der Waals surface area contributed by atoms with Crippen LogP contribution in [0, 0.1) is 0 Å². The summed E-state index contributed by atoms with van der Waals surface area (Å²) >= 11 is 5.96. The Morgan fingerprint density at radius 1 is 1.12 bits per heavy atom. The number of para-hydroxylation sites is 2. The molecule has 2 aromatic heterocycles. The topological polar surface area (TPSA) is 83.8 Å². The zero-order chi connectivity index (χ0) is 16.5. The molecular weight excluding hydrogens is 328 g/mol. The van der Waals surface area contributed by atoms with E-state index in [1.807, 2.05) is 30.3 Å². The Bertz CT molecular complexity index is 1000. The van der Waals surface area contributed by atoms with E-state index in [1.165, 1.54) is 0 Å². The largest absolute Gasteiger partial charge is 0.355 e. The van der Waals surface area contributed by atoms with Gasteiger partial charge in [-0.05, 0) is 24.3 Å². The molecule has 2 aromatic carbocycles. The molecule has 7 heteroatoms. The number of aromatic nitrogens is 3. The molecule has 24 heavy (non-hydrogen) atoms. The van der Waals surface area contributed by atoms with Gasteiger partial charge in [-0.2, -0.15) is 0 Å². The van der Waals surface area contributed by atoms with Crippen molar-refractivity contribution in [2.75, 3.05) is 5.32 Å². The van der Waals surface area contributed by atoms with Gasteiger partial charge in [0.15, 0.2) is 11.5 Å². The molecule has 0 radical (unpaired) electrons. The van der Waals surface area contributed by atoms with Crippen LogP contribution in [0.15, 0.2) is 59.1 Å². The summed E-state index contributed by atoms with van der Waals surface area (Å²) in [5.74, 6) is 0.409. The van der Waals surface area contributed by atoms with Crippen molar-refractivity contribution in [2.24, 2.45) is 0 Å². The van der Waals surface area contributed by atoms with Crippen molar-refractivity contribution in [3.8, 4) is 11.3 Å². The number of anilines is 1. The molecule has 0 atom stereocenters. The number of imidazole rings is 1. The normalized spacial score (nSPS) is 10.9. The van der Waals surface area contributed by atoms with Crippen molar-refractivity contribution in [1.29, 1.82) is 0 Å². The summed E-state index contributed by atoms with van der Waals surface area (Å²) in [6.07, 6.45) is 0. The lowest BCUT2D eigenvalue weighted by atomic mass is 10.1. The van der Waals surface area contributed by atoms with Crippen LogP contribution in [0.4, 0.5) is 5.95 Å². The second kappa shape index (κ2) is 5.82. The highest BCUT2D eigenvalue weighted by Crippen LogP contribution is 2.23. The average Bonchev–Trinajstić information content (AvgIpc) is 3.21. The van der Waals surface area contributed by atoms with E-state index >= 15 is 0 Å². The van der Waals surface area contributed by atoms with Gasteiger partial charge in [0.1, 0.15) is 0 Å². The average molecular weight is 339 g/mol. The summed E-state index contributed by atoms with van der Waals surface area (Å²) in [4.78, 5) is 19.6. The highest BCUT2D eigenvalue weighted by molar-refractivity contribution is 6.30. The summed E-state index contributed by atoms with van der Waals surface area (Å²) in [5.41, 5.74) is 2.52. The molecule has 1 amide bonds. The maximum Gasteiger partial charge on any atom is 0.280 e. The first kappa shape index (κ1) is 14.5. The quantitative estimate of drug-likeness (QED) is 0.588. The maximum atomic E-state index is 12.3. The third-order valence-corrected chi connectivity index (χ3v) is 3.71. The van der Waals surface area contributed by atoms with Crippen LogP contribution in [0.5, 0.6) is 0 Å². The van der Waals surface area contributed by atoms with E-state index in [9.17, 15) is 4.79 Å². The van der Waals surface area contributed by atoms with E-state index in [1.54, 1.807) is 24.3 Å². The van der Waals surface area contributed by atoms with Gasteiger partial charge in [0.2, 0.25) is 5.95 Å². The predicted octanol–water partition coefficient (Wildman–Crippen LogP) is 4.12. The van der Waals surface area contributed by atoms with Crippen molar-refractivity contribution in [3.63, 3.8) is 0 Å². The van der Waals surface area contributed by atoms with E-state index in [0.29, 0.717) is 16.7 Å². The molecule has 0 bridgehead atoms. The third-order valence-electron chi connectivity index (χ3n) is 3.47. The van der Waals surface area contributed by atoms with E-state index in [0.717, 1.165) is 16.6 Å². The predicted molar refractivity (Wildman–Crippen MR) is 91.0 cm³/mol. The first-order chi connectivity index (χ1) is 11.7. The zero-order valence-electron chi connectivity index (χ0n) is 12.3. The monoisotopic (exact) mass is 338 g/mol. The Morgan fingerprint density at radius 3 is 2.83 bits per heavy atom. The van der Waals surface area contributed by atoms with Gasteiger partial charge in [0.05, 0.1) is 11.0 Å². The number of aromatic amines is 1. The van der Waals surface area contributed by atoms with Crippen molar-refractivity contribution in [3.05, 3.63) is 65.3 Å². The van der Waals surface area contributed by atoms with Crippen LogP contribution >= 0.6 is 11.6 Å². The number of carbonyl (C=O) groups excluding carboxylic acids is 1. The molecule has 0 saturated carbocycles. The van der Waals surface area contributed by atoms with E-state index in [2.05, 4.69) is 20.4 Å². The summed E-state index contributed by atoms with van der Waals surface area (Å²) in [6.45, 7) is 0. The molecule has 0 aliphatic carbocycles. The van der Waals surface area contributed by atoms with Gasteiger partial charge in [-0.25, -0.2) is 4.98 Å². The first-order valence-electron chi connectivity index (χ1n) is 7.18. The molecular formula is C17H11ClN4O2. The van der Waals surface area contributed by atoms with Gasteiger partial charge in [-0.15, -0.1) is 0 Å². The molecule has 0 unspecified atom stereocenters. The van der Waals surface area contributed by atoms with Gasteiger partial charge in [-0.1, -0.05) is 41.0 Å². The number of carbonyl (C=O) groups is 1. The minimum Gasteiger partial charge on any atom is -0.355 e. The molecule has 0 saturated heterocycles. The van der Waals surface area contributed by atoms with Crippen LogP contribution in [-0.4, -0.2) is 21.0 Å². The summed E-state index contributed by atoms with van der Waals surface area (Å²) in [7, 11) is 0. The Labute approximate surface area is 141 Å². The van der Waals surface area contributed by atoms with Gasteiger partial charge in [0, 0.05) is 16.7 Å². The molecule has 0 fully saturated rings. The number of benzene rings is 2. The number of fused-ring (bicyclic) bond motifs is 1. The molecule has 2 heterocycles. The minimum atomic E-state index is -0.411. The number of nitrogens with one attached hydrogen (secondary N) is 2. The van der Waals surface area contributed by atoms with Crippen molar-refractivity contribution in [2.45, 2.75) is 0 Å². The number of rotatable bonds is 3. The first-order valence-corrected chi connectivity index (χ1v) is 7.55. The van der Waals surface area contributed by atoms with Crippen molar-refractivity contribution in [1.82, 2.24) is 15.1 Å². The lowest BCUT2D eigenvalue weighted by Crippen LogP contribution is -2.13. The molecule has 0 aliphatic heterocycles. The molecule has 4 rings (SSSR count). The summed E-state index contributed by atoms with van der Waals surface area (Å²) < 4.78 is 5.22. The number of hydrogen-bond donors (Lipinski definition) is 2. The Morgan fingerprint density at radius 2 is 2.00 bits per heavy atom. The summed E-state index contributed by atoms with van der Waals surface area (Å²) in [5, 5.41) is 7.05. The molecule has 0 spiro atoms. The van der Waals surface area contributed by atoms with Crippen LogP contribution in [0.2, 0.25) is 5.02 Å². The van der Waals surface area contributed by atoms with Crippen LogP contribution in [0.1, 0.15) is 10.5 Å². The second-order valence-corrected chi connectivity index (χ2v) is 5.58. The van der Waals surface area contributed by atoms with Crippen molar-refractivity contribution < 1.29 is 9.32 Å². The second-order valence-electron chi connectivity index (χ2n) is 5.14. The van der Waals surface area contributed by atoms with Crippen LogP contribution < -0.4 is 5.32 Å². The van der Waals surface area contributed by atoms with E-state index < -0.39 is 5.91 Å². The number of hydrogen-bond acceptors (Lipinski definition) is 4. The molecule has 0 aliphatic rings. The highest BCUT2D eigenvalue weighted by Gasteiger charge is 2.15. The standard InChI is InChI=1S/C17H11ClN4O2/c18-11-5-3-4-10(8-11)15-9-14(22-24-15)16(23)21-17-19-12-6-1-2-7-13(12)20-17/h1-9H,(H2,19,20,21,23). The van der Waals surface area contributed by atoms with Gasteiger partial charge < -0.3 is 9.51 Å². The maximum absolute atomic E-state index is 12.3. The lowest BCUT2D eigenvalue weighted by Gasteiger charge is -1.96. The fraction of sp³-hybridized carbons (Fsp3) is 0. The number of halogens is 1.